The second-order valence-electron chi connectivity index (χ2n) is 3.93. The third-order valence-electron chi connectivity index (χ3n) is 2.37. The molecule has 0 aliphatic carbocycles. The number of nitrogens with one attached hydrogen (secondary N) is 1. The molecular weight excluding hydrogens is 352 g/mol. The summed E-state index contributed by atoms with van der Waals surface area (Å²) in [6, 6.07) is 2.79. The number of carbonyl (C=O) groups excluding carboxylic acids is 1. The van der Waals surface area contributed by atoms with E-state index in [4.69, 9.17) is 9.47 Å². The maximum atomic E-state index is 12.3. The van der Waals surface area contributed by atoms with Gasteiger partial charge < -0.3 is 19.5 Å². The molecule has 1 aromatic carbocycles. The molecule has 21 heavy (non-hydrogen) atoms. The second kappa shape index (κ2) is 8.66. The normalized spacial score (nSPS) is 10.4. The second-order valence-corrected chi connectivity index (χ2v) is 4.78. The molecule has 0 atom stereocenters. The van der Waals surface area contributed by atoms with Crippen molar-refractivity contribution in [2.24, 2.45) is 0 Å². The Labute approximate surface area is 129 Å². The van der Waals surface area contributed by atoms with Crippen LogP contribution in [0.2, 0.25) is 0 Å². The molecular formula is C13H16BrF2NO4. The molecule has 0 aromatic heterocycles. The Hall–Kier alpha value is -1.57. The summed E-state index contributed by atoms with van der Waals surface area (Å²) < 4.78 is 39.8. The Morgan fingerprint density at radius 3 is 2.67 bits per heavy atom. The highest BCUT2D eigenvalue weighted by Crippen LogP contribution is 2.43. The van der Waals surface area contributed by atoms with E-state index in [0.29, 0.717) is 11.0 Å². The van der Waals surface area contributed by atoms with E-state index in [9.17, 15) is 13.6 Å². The minimum atomic E-state index is -2.99. The van der Waals surface area contributed by atoms with Crippen LogP contribution in [-0.2, 0) is 4.79 Å². The molecule has 0 heterocycles. The van der Waals surface area contributed by atoms with Gasteiger partial charge >= 0.3 is 6.61 Å². The average Bonchev–Trinajstić information content (AvgIpc) is 2.44. The highest BCUT2D eigenvalue weighted by atomic mass is 79.9. The molecule has 0 aliphatic rings. The Kier molecular flexibility index (Phi) is 7.21. The topological polar surface area (TPSA) is 56.8 Å². The number of ether oxygens (including phenoxy) is 3. The molecule has 0 radical (unpaired) electrons. The van der Waals surface area contributed by atoms with Crippen LogP contribution in [-0.4, -0.2) is 32.8 Å². The van der Waals surface area contributed by atoms with Crippen molar-refractivity contribution in [3.8, 4) is 17.2 Å². The Balaban J connectivity index is 2.86. The summed E-state index contributed by atoms with van der Waals surface area (Å²) in [7, 11) is 1.30. The molecule has 0 saturated carbocycles. The smallest absolute Gasteiger partial charge is 0.387 e. The van der Waals surface area contributed by atoms with Gasteiger partial charge in [0.15, 0.2) is 18.1 Å². The molecule has 5 nitrogen and oxygen atoms in total. The minimum absolute atomic E-state index is 0.00651. The van der Waals surface area contributed by atoms with Crippen molar-refractivity contribution < 1.29 is 27.8 Å². The van der Waals surface area contributed by atoms with Gasteiger partial charge in [-0.15, -0.1) is 0 Å². The molecule has 1 N–H and O–H groups in total. The van der Waals surface area contributed by atoms with Crippen LogP contribution in [0.25, 0.3) is 0 Å². The van der Waals surface area contributed by atoms with Crippen molar-refractivity contribution in [1.82, 2.24) is 5.32 Å². The standard InChI is InChI=1S/C13H16BrF2NO4/c1-3-6-17-10(18)7-20-11-8(14)4-5-9(12(11)19-2)21-13(15)16/h4-5,13H,3,6-7H2,1-2H3,(H,17,18). The minimum Gasteiger partial charge on any atom is -0.490 e. The van der Waals surface area contributed by atoms with E-state index in [1.165, 1.54) is 19.2 Å². The molecule has 0 unspecified atom stereocenters. The molecule has 0 saturated heterocycles. The molecule has 0 bridgehead atoms. The zero-order valence-corrected chi connectivity index (χ0v) is 13.2. The fourth-order valence-electron chi connectivity index (χ4n) is 1.49. The van der Waals surface area contributed by atoms with Gasteiger partial charge in [0.2, 0.25) is 5.75 Å². The van der Waals surface area contributed by atoms with E-state index in [0.717, 1.165) is 6.42 Å². The Morgan fingerprint density at radius 1 is 1.38 bits per heavy atom. The molecule has 1 amide bonds. The van der Waals surface area contributed by atoms with Gasteiger partial charge in [-0.05, 0) is 34.5 Å². The zero-order chi connectivity index (χ0) is 15.8. The van der Waals surface area contributed by atoms with Crippen LogP contribution in [0.15, 0.2) is 16.6 Å². The number of benzene rings is 1. The van der Waals surface area contributed by atoms with Crippen molar-refractivity contribution in [2.45, 2.75) is 20.0 Å². The number of carbonyl (C=O) groups is 1. The number of methoxy groups -OCH3 is 1. The third-order valence-corrected chi connectivity index (χ3v) is 2.99. The highest BCUT2D eigenvalue weighted by molar-refractivity contribution is 9.10. The van der Waals surface area contributed by atoms with Crippen LogP contribution in [0.5, 0.6) is 17.2 Å². The number of alkyl halides is 2. The molecule has 1 rings (SSSR count). The lowest BCUT2D eigenvalue weighted by Crippen LogP contribution is -2.29. The molecule has 0 aliphatic heterocycles. The van der Waals surface area contributed by atoms with Crippen LogP contribution >= 0.6 is 15.9 Å². The lowest BCUT2D eigenvalue weighted by atomic mass is 10.3. The molecule has 8 heteroatoms. The summed E-state index contributed by atoms with van der Waals surface area (Å²) in [5.41, 5.74) is 0. The first-order valence-electron chi connectivity index (χ1n) is 6.20. The summed E-state index contributed by atoms with van der Waals surface area (Å²) in [5.74, 6) is -0.360. The van der Waals surface area contributed by atoms with Crippen LogP contribution in [0.4, 0.5) is 8.78 Å². The van der Waals surface area contributed by atoms with Crippen molar-refractivity contribution in [1.29, 1.82) is 0 Å². The van der Waals surface area contributed by atoms with Gasteiger partial charge in [-0.2, -0.15) is 8.78 Å². The van der Waals surface area contributed by atoms with Crippen LogP contribution in [0.1, 0.15) is 13.3 Å². The quantitative estimate of drug-likeness (QED) is 0.767. The van der Waals surface area contributed by atoms with E-state index in [-0.39, 0.29) is 29.8 Å². The molecule has 0 spiro atoms. The van der Waals surface area contributed by atoms with Crippen LogP contribution in [0, 0.1) is 0 Å². The molecule has 1 aromatic rings. The van der Waals surface area contributed by atoms with E-state index in [1.54, 1.807) is 0 Å². The van der Waals surface area contributed by atoms with Crippen molar-refractivity contribution in [3.63, 3.8) is 0 Å². The van der Waals surface area contributed by atoms with Crippen molar-refractivity contribution >= 4 is 21.8 Å². The lowest BCUT2D eigenvalue weighted by molar-refractivity contribution is -0.123. The van der Waals surface area contributed by atoms with Crippen LogP contribution in [0.3, 0.4) is 0 Å². The van der Waals surface area contributed by atoms with E-state index in [2.05, 4.69) is 26.0 Å². The largest absolute Gasteiger partial charge is 0.490 e. The van der Waals surface area contributed by atoms with Gasteiger partial charge in [0.05, 0.1) is 11.6 Å². The van der Waals surface area contributed by atoms with Gasteiger partial charge in [0.25, 0.3) is 5.91 Å². The monoisotopic (exact) mass is 367 g/mol. The predicted molar refractivity (Wildman–Crippen MR) is 76.1 cm³/mol. The maximum absolute atomic E-state index is 12.3. The summed E-state index contributed by atoms with van der Waals surface area (Å²) in [4.78, 5) is 11.5. The van der Waals surface area contributed by atoms with E-state index in [1.807, 2.05) is 6.92 Å². The number of hydrogen-bond acceptors (Lipinski definition) is 4. The van der Waals surface area contributed by atoms with Crippen LogP contribution < -0.4 is 19.5 Å². The summed E-state index contributed by atoms with van der Waals surface area (Å²) in [6.45, 7) is -0.783. The zero-order valence-electron chi connectivity index (χ0n) is 11.6. The van der Waals surface area contributed by atoms with Gasteiger partial charge in [0, 0.05) is 6.54 Å². The number of rotatable bonds is 8. The van der Waals surface area contributed by atoms with Gasteiger partial charge in [-0.3, -0.25) is 4.79 Å². The van der Waals surface area contributed by atoms with Crippen molar-refractivity contribution in [3.05, 3.63) is 16.6 Å². The first-order chi connectivity index (χ1) is 9.99. The van der Waals surface area contributed by atoms with E-state index < -0.39 is 6.61 Å². The Bertz CT molecular complexity index is 485. The average molecular weight is 368 g/mol. The van der Waals surface area contributed by atoms with Crippen molar-refractivity contribution in [2.75, 3.05) is 20.3 Å². The van der Waals surface area contributed by atoms with Gasteiger partial charge in [0.1, 0.15) is 0 Å². The van der Waals surface area contributed by atoms with Gasteiger partial charge in [-0.25, -0.2) is 0 Å². The molecule has 118 valence electrons. The van der Waals surface area contributed by atoms with E-state index >= 15 is 0 Å². The number of halogens is 3. The third kappa shape index (κ3) is 5.37. The molecule has 0 fully saturated rings. The highest BCUT2D eigenvalue weighted by Gasteiger charge is 2.19. The first-order valence-corrected chi connectivity index (χ1v) is 6.99. The maximum Gasteiger partial charge on any atom is 0.387 e. The first kappa shape index (κ1) is 17.5. The number of hydrogen-bond donors (Lipinski definition) is 1. The SMILES string of the molecule is CCCNC(=O)COc1c(Br)ccc(OC(F)F)c1OC. The fraction of sp³-hybridized carbons (Fsp3) is 0.462. The predicted octanol–water partition coefficient (Wildman–Crippen LogP) is 2.96. The summed E-state index contributed by atoms with van der Waals surface area (Å²) in [6.07, 6.45) is 0.802. The number of amides is 1. The Morgan fingerprint density at radius 2 is 2.10 bits per heavy atom. The summed E-state index contributed by atoms with van der Waals surface area (Å²) in [5, 5.41) is 2.64. The lowest BCUT2D eigenvalue weighted by Gasteiger charge is -2.16. The fourth-order valence-corrected chi connectivity index (χ4v) is 1.92. The summed E-state index contributed by atoms with van der Waals surface area (Å²) >= 11 is 3.21. The van der Waals surface area contributed by atoms with Gasteiger partial charge in [-0.1, -0.05) is 6.92 Å².